The van der Waals surface area contributed by atoms with Crippen molar-refractivity contribution in [2.24, 2.45) is 0 Å². The van der Waals surface area contributed by atoms with E-state index in [1.807, 2.05) is 0 Å². The van der Waals surface area contributed by atoms with Crippen LogP contribution in [0.15, 0.2) is 30.5 Å². The van der Waals surface area contributed by atoms with Crippen LogP contribution >= 0.6 is 0 Å². The molecular weight excluding hydrogens is 208 g/mol. The van der Waals surface area contributed by atoms with Crippen LogP contribution in [0.5, 0.6) is 0 Å². The Morgan fingerprint density at radius 3 is 2.71 bits per heavy atom. The minimum atomic E-state index is 1.12. The molecule has 0 unspecified atom stereocenters. The summed E-state index contributed by atoms with van der Waals surface area (Å²) < 4.78 is 2.39. The van der Waals surface area contributed by atoms with Gasteiger partial charge in [0.2, 0.25) is 0 Å². The van der Waals surface area contributed by atoms with E-state index in [-0.39, 0.29) is 0 Å². The summed E-state index contributed by atoms with van der Waals surface area (Å²) in [5, 5.41) is 1.36. The lowest BCUT2D eigenvalue weighted by Gasteiger charge is -2.15. The van der Waals surface area contributed by atoms with Crippen molar-refractivity contribution in [3.8, 4) is 0 Å². The zero-order valence-electron chi connectivity index (χ0n) is 10.5. The van der Waals surface area contributed by atoms with Crippen molar-refractivity contribution in [2.45, 2.75) is 26.3 Å². The fourth-order valence-corrected chi connectivity index (χ4v) is 2.74. The monoisotopic (exact) mass is 228 g/mol. The van der Waals surface area contributed by atoms with E-state index in [0.717, 1.165) is 6.54 Å². The first-order valence-electron chi connectivity index (χ1n) is 6.61. The summed E-state index contributed by atoms with van der Waals surface area (Å²) in [7, 11) is 0. The fourth-order valence-electron chi connectivity index (χ4n) is 2.74. The SMILES string of the molecule is Cc1ccc2ccn(CCN3CCCC3)c2c1. The van der Waals surface area contributed by atoms with Crippen LogP contribution in [0.4, 0.5) is 0 Å². The van der Waals surface area contributed by atoms with Crippen LogP contribution in [-0.4, -0.2) is 29.1 Å². The third kappa shape index (κ3) is 2.22. The van der Waals surface area contributed by atoms with E-state index < -0.39 is 0 Å². The number of rotatable bonds is 3. The molecule has 3 rings (SSSR count). The molecule has 0 N–H and O–H groups in total. The average Bonchev–Trinajstić information content (AvgIpc) is 2.94. The van der Waals surface area contributed by atoms with Gasteiger partial charge in [-0.2, -0.15) is 0 Å². The Kier molecular flexibility index (Phi) is 2.89. The predicted octanol–water partition coefficient (Wildman–Crippen LogP) is 3.05. The minimum Gasteiger partial charge on any atom is -0.346 e. The molecule has 2 nitrogen and oxygen atoms in total. The zero-order valence-corrected chi connectivity index (χ0v) is 10.5. The Hall–Kier alpha value is -1.28. The molecule has 2 heterocycles. The maximum atomic E-state index is 2.57. The molecule has 0 aliphatic carbocycles. The summed E-state index contributed by atoms with van der Waals surface area (Å²) in [5.41, 5.74) is 2.72. The second-order valence-corrected chi connectivity index (χ2v) is 5.12. The van der Waals surface area contributed by atoms with Crippen LogP contribution in [-0.2, 0) is 6.54 Å². The number of likely N-dealkylation sites (tertiary alicyclic amines) is 1. The van der Waals surface area contributed by atoms with Gasteiger partial charge < -0.3 is 9.47 Å². The van der Waals surface area contributed by atoms with E-state index >= 15 is 0 Å². The molecule has 90 valence electrons. The van der Waals surface area contributed by atoms with Crippen molar-refractivity contribution < 1.29 is 0 Å². The molecule has 1 aromatic heterocycles. The zero-order chi connectivity index (χ0) is 11.7. The summed E-state index contributed by atoms with van der Waals surface area (Å²) in [6, 6.07) is 8.92. The maximum absolute atomic E-state index is 2.57. The molecular formula is C15H20N2. The third-order valence-corrected chi connectivity index (χ3v) is 3.79. The van der Waals surface area contributed by atoms with Gasteiger partial charge in [-0.15, -0.1) is 0 Å². The molecule has 0 radical (unpaired) electrons. The van der Waals surface area contributed by atoms with Gasteiger partial charge in [0.15, 0.2) is 0 Å². The molecule has 0 spiro atoms. The molecule has 0 saturated carbocycles. The van der Waals surface area contributed by atoms with Gasteiger partial charge >= 0.3 is 0 Å². The van der Waals surface area contributed by atoms with Gasteiger partial charge in [-0.25, -0.2) is 0 Å². The van der Waals surface area contributed by atoms with Gasteiger partial charge in [-0.1, -0.05) is 12.1 Å². The van der Waals surface area contributed by atoms with E-state index in [9.17, 15) is 0 Å². The highest BCUT2D eigenvalue weighted by Gasteiger charge is 2.11. The van der Waals surface area contributed by atoms with Crippen LogP contribution < -0.4 is 0 Å². The van der Waals surface area contributed by atoms with Gasteiger partial charge in [0.25, 0.3) is 0 Å². The van der Waals surface area contributed by atoms with Crippen LogP contribution in [0.2, 0.25) is 0 Å². The highest BCUT2D eigenvalue weighted by molar-refractivity contribution is 5.80. The summed E-state index contributed by atoms with van der Waals surface area (Å²) in [6.45, 7) is 7.05. The highest BCUT2D eigenvalue weighted by Crippen LogP contribution is 2.17. The number of nitrogens with zero attached hydrogens (tertiary/aromatic N) is 2. The first kappa shape index (κ1) is 10.8. The van der Waals surface area contributed by atoms with E-state index in [1.165, 1.54) is 48.9 Å². The first-order chi connectivity index (χ1) is 8.33. The second-order valence-electron chi connectivity index (χ2n) is 5.12. The molecule has 1 aliphatic rings. The Morgan fingerprint density at radius 1 is 1.06 bits per heavy atom. The number of fused-ring (bicyclic) bond motifs is 1. The average molecular weight is 228 g/mol. The van der Waals surface area contributed by atoms with E-state index in [4.69, 9.17) is 0 Å². The standard InChI is InChI=1S/C15H20N2/c1-13-4-5-14-6-9-17(15(14)12-13)11-10-16-7-2-3-8-16/h4-6,9,12H,2-3,7-8,10-11H2,1H3. The quantitative estimate of drug-likeness (QED) is 0.784. The third-order valence-electron chi connectivity index (χ3n) is 3.79. The van der Waals surface area contributed by atoms with Gasteiger partial charge in [-0.05, 0) is 55.9 Å². The molecule has 0 atom stereocenters. The van der Waals surface area contributed by atoms with Crippen LogP contribution in [0.25, 0.3) is 10.9 Å². The highest BCUT2D eigenvalue weighted by atomic mass is 15.2. The Balaban J connectivity index is 1.77. The molecule has 0 amide bonds. The Bertz CT molecular complexity index is 507. The summed E-state index contributed by atoms with van der Waals surface area (Å²) in [6.07, 6.45) is 4.98. The molecule has 17 heavy (non-hydrogen) atoms. The van der Waals surface area contributed by atoms with Crippen LogP contribution in [0.1, 0.15) is 18.4 Å². The van der Waals surface area contributed by atoms with E-state index in [2.05, 4.69) is 46.9 Å². The number of hydrogen-bond donors (Lipinski definition) is 0. The molecule has 2 heteroatoms. The number of hydrogen-bond acceptors (Lipinski definition) is 1. The first-order valence-corrected chi connectivity index (χ1v) is 6.61. The van der Waals surface area contributed by atoms with Gasteiger partial charge in [-0.3, -0.25) is 0 Å². The number of benzene rings is 1. The van der Waals surface area contributed by atoms with Crippen molar-refractivity contribution in [1.29, 1.82) is 0 Å². The molecule has 1 saturated heterocycles. The van der Waals surface area contributed by atoms with Crippen molar-refractivity contribution in [3.63, 3.8) is 0 Å². The summed E-state index contributed by atoms with van der Waals surface area (Å²) in [4.78, 5) is 2.57. The summed E-state index contributed by atoms with van der Waals surface area (Å²) in [5.74, 6) is 0. The molecule has 0 bridgehead atoms. The second kappa shape index (κ2) is 4.53. The van der Waals surface area contributed by atoms with Crippen molar-refractivity contribution >= 4 is 10.9 Å². The van der Waals surface area contributed by atoms with Crippen molar-refractivity contribution in [3.05, 3.63) is 36.0 Å². The lowest BCUT2D eigenvalue weighted by Crippen LogP contribution is -2.23. The van der Waals surface area contributed by atoms with Crippen molar-refractivity contribution in [2.75, 3.05) is 19.6 Å². The Morgan fingerprint density at radius 2 is 1.88 bits per heavy atom. The van der Waals surface area contributed by atoms with Crippen LogP contribution in [0, 0.1) is 6.92 Å². The lowest BCUT2D eigenvalue weighted by atomic mass is 10.2. The number of aromatic nitrogens is 1. The van der Waals surface area contributed by atoms with Crippen molar-refractivity contribution in [1.82, 2.24) is 9.47 Å². The molecule has 1 fully saturated rings. The van der Waals surface area contributed by atoms with Gasteiger partial charge in [0.1, 0.15) is 0 Å². The Labute approximate surface area is 103 Å². The molecule has 1 aromatic carbocycles. The largest absolute Gasteiger partial charge is 0.346 e. The van der Waals surface area contributed by atoms with Crippen LogP contribution in [0.3, 0.4) is 0 Å². The fraction of sp³-hybridized carbons (Fsp3) is 0.467. The number of aryl methyl sites for hydroxylation is 1. The van der Waals surface area contributed by atoms with Gasteiger partial charge in [0.05, 0.1) is 0 Å². The van der Waals surface area contributed by atoms with E-state index in [1.54, 1.807) is 0 Å². The smallest absolute Gasteiger partial charge is 0.0483 e. The molecule has 2 aromatic rings. The summed E-state index contributed by atoms with van der Waals surface area (Å²) >= 11 is 0. The molecule has 1 aliphatic heterocycles. The maximum Gasteiger partial charge on any atom is 0.0483 e. The van der Waals surface area contributed by atoms with Gasteiger partial charge in [0, 0.05) is 24.8 Å². The predicted molar refractivity (Wildman–Crippen MR) is 72.3 cm³/mol. The minimum absolute atomic E-state index is 1.12. The van der Waals surface area contributed by atoms with E-state index in [0.29, 0.717) is 0 Å². The normalized spacial score (nSPS) is 17.0. The topological polar surface area (TPSA) is 8.17 Å². The lowest BCUT2D eigenvalue weighted by molar-refractivity contribution is 0.324.